The number of hydrogen-bond acceptors (Lipinski definition) is 2. The number of nitrogens with one attached hydrogen (secondary N) is 1. The Morgan fingerprint density at radius 3 is 2.18 bits per heavy atom. The molecule has 0 spiro atoms. The maximum absolute atomic E-state index is 13.7. The van der Waals surface area contributed by atoms with Gasteiger partial charge < -0.3 is 10.2 Å². The highest BCUT2D eigenvalue weighted by molar-refractivity contribution is 9.10. The summed E-state index contributed by atoms with van der Waals surface area (Å²) in [5.41, 5.74) is 2.33. The molecule has 1 N–H and O–H groups in total. The predicted molar refractivity (Wildman–Crippen MR) is 142 cm³/mol. The summed E-state index contributed by atoms with van der Waals surface area (Å²) in [7, 11) is 0. The van der Waals surface area contributed by atoms with Gasteiger partial charge in [-0.25, -0.2) is 0 Å². The molecule has 4 nitrogen and oxygen atoms in total. The molecule has 2 amide bonds. The van der Waals surface area contributed by atoms with E-state index in [4.69, 9.17) is 11.6 Å². The Kier molecular flexibility index (Phi) is 8.92. The van der Waals surface area contributed by atoms with Crippen molar-refractivity contribution in [3.05, 3.63) is 105 Å². The van der Waals surface area contributed by atoms with Gasteiger partial charge in [0.15, 0.2) is 0 Å². The van der Waals surface area contributed by atoms with E-state index in [0.29, 0.717) is 18.0 Å². The van der Waals surface area contributed by atoms with Crippen LogP contribution in [0.4, 0.5) is 0 Å². The Balaban J connectivity index is 1.98. The smallest absolute Gasteiger partial charge is 0.243 e. The van der Waals surface area contributed by atoms with Crippen LogP contribution in [-0.2, 0) is 29.0 Å². The quantitative estimate of drug-likeness (QED) is 0.369. The second-order valence-electron chi connectivity index (χ2n) is 9.40. The van der Waals surface area contributed by atoms with Crippen molar-refractivity contribution in [2.45, 2.75) is 51.7 Å². The fourth-order valence-electron chi connectivity index (χ4n) is 3.72. The van der Waals surface area contributed by atoms with Crippen molar-refractivity contribution >= 4 is 39.3 Å². The van der Waals surface area contributed by atoms with Crippen molar-refractivity contribution in [2.24, 2.45) is 0 Å². The molecule has 3 aromatic rings. The van der Waals surface area contributed by atoms with Gasteiger partial charge in [-0.2, -0.15) is 0 Å². The van der Waals surface area contributed by atoms with Crippen LogP contribution in [0.3, 0.4) is 0 Å². The van der Waals surface area contributed by atoms with E-state index in [1.54, 1.807) is 17.0 Å². The zero-order valence-electron chi connectivity index (χ0n) is 19.7. The average molecular weight is 542 g/mol. The van der Waals surface area contributed by atoms with E-state index in [1.165, 1.54) is 0 Å². The Hall–Kier alpha value is -2.63. The van der Waals surface area contributed by atoms with Gasteiger partial charge in [0.05, 0.1) is 6.42 Å². The molecule has 0 saturated carbocycles. The molecule has 178 valence electrons. The Morgan fingerprint density at radius 2 is 1.56 bits per heavy atom. The van der Waals surface area contributed by atoms with Gasteiger partial charge >= 0.3 is 0 Å². The Labute approximate surface area is 215 Å². The molecule has 3 rings (SSSR count). The maximum Gasteiger partial charge on any atom is 0.243 e. The molecule has 0 heterocycles. The highest BCUT2D eigenvalue weighted by Crippen LogP contribution is 2.20. The predicted octanol–water partition coefficient (Wildman–Crippen LogP) is 6.20. The monoisotopic (exact) mass is 540 g/mol. The first-order valence-electron chi connectivity index (χ1n) is 11.2. The maximum atomic E-state index is 13.7. The summed E-state index contributed by atoms with van der Waals surface area (Å²) in [5.74, 6) is -0.303. The van der Waals surface area contributed by atoms with Crippen molar-refractivity contribution in [2.75, 3.05) is 0 Å². The number of halogens is 2. The van der Waals surface area contributed by atoms with Gasteiger partial charge in [-0.1, -0.05) is 82.1 Å². The summed E-state index contributed by atoms with van der Waals surface area (Å²) < 4.78 is 0.958. The molecule has 3 aromatic carbocycles. The minimum absolute atomic E-state index is 0.129. The van der Waals surface area contributed by atoms with Gasteiger partial charge in [0.25, 0.3) is 0 Å². The van der Waals surface area contributed by atoms with Crippen LogP contribution in [0.15, 0.2) is 83.3 Å². The molecular formula is C28H30BrClN2O2. The van der Waals surface area contributed by atoms with Gasteiger partial charge in [0, 0.05) is 28.0 Å². The van der Waals surface area contributed by atoms with Crippen LogP contribution in [-0.4, -0.2) is 28.3 Å². The van der Waals surface area contributed by atoms with Crippen LogP contribution in [0.25, 0.3) is 0 Å². The van der Waals surface area contributed by atoms with Gasteiger partial charge in [-0.15, -0.1) is 0 Å². The van der Waals surface area contributed by atoms with E-state index in [1.807, 2.05) is 87.5 Å². The molecule has 0 unspecified atom stereocenters. The number of hydrogen-bond donors (Lipinski definition) is 1. The van der Waals surface area contributed by atoms with Crippen molar-refractivity contribution in [3.63, 3.8) is 0 Å². The summed E-state index contributed by atoms with van der Waals surface area (Å²) in [5, 5.41) is 3.66. The van der Waals surface area contributed by atoms with E-state index < -0.39 is 11.6 Å². The van der Waals surface area contributed by atoms with Crippen molar-refractivity contribution in [3.8, 4) is 0 Å². The molecular weight excluding hydrogens is 512 g/mol. The summed E-state index contributed by atoms with van der Waals surface area (Å²) in [6.07, 6.45) is 0.575. The van der Waals surface area contributed by atoms with Crippen LogP contribution in [0.2, 0.25) is 5.02 Å². The van der Waals surface area contributed by atoms with Crippen LogP contribution < -0.4 is 5.32 Å². The molecule has 34 heavy (non-hydrogen) atoms. The Bertz CT molecular complexity index is 1110. The number of amides is 2. The number of rotatable bonds is 8. The van der Waals surface area contributed by atoms with Gasteiger partial charge in [-0.3, -0.25) is 9.59 Å². The van der Waals surface area contributed by atoms with Gasteiger partial charge in [0.2, 0.25) is 11.8 Å². The van der Waals surface area contributed by atoms with Crippen LogP contribution in [0.1, 0.15) is 37.5 Å². The molecule has 0 saturated heterocycles. The van der Waals surface area contributed by atoms with Crippen molar-refractivity contribution in [1.82, 2.24) is 10.2 Å². The fourth-order valence-corrected chi connectivity index (χ4v) is 4.19. The standard InChI is InChI=1S/C28H30BrClN2O2/c1-28(2,3)31-27(34)25(17-20-8-5-4-6-9-20)32(19-21-12-14-23(29)15-13-21)26(33)18-22-10-7-11-24(30)16-22/h4-16,25H,17-19H2,1-3H3,(H,31,34)/t25-/m0/s1. The summed E-state index contributed by atoms with van der Waals surface area (Å²) >= 11 is 9.62. The number of carbonyl (C=O) groups is 2. The van der Waals surface area contributed by atoms with Gasteiger partial charge in [-0.05, 0) is 61.7 Å². The zero-order chi connectivity index (χ0) is 24.7. The van der Waals surface area contributed by atoms with Crippen LogP contribution in [0, 0.1) is 0 Å². The number of nitrogens with zero attached hydrogens (tertiary/aromatic N) is 1. The van der Waals surface area contributed by atoms with Crippen LogP contribution in [0.5, 0.6) is 0 Å². The topological polar surface area (TPSA) is 49.4 Å². The number of benzene rings is 3. The SMILES string of the molecule is CC(C)(C)NC(=O)[C@H](Cc1ccccc1)N(Cc1ccc(Br)cc1)C(=O)Cc1cccc(Cl)c1. The van der Waals surface area contributed by atoms with E-state index in [9.17, 15) is 9.59 Å². The second-order valence-corrected chi connectivity index (χ2v) is 10.8. The zero-order valence-corrected chi connectivity index (χ0v) is 22.1. The molecule has 1 atom stereocenters. The normalized spacial score (nSPS) is 12.1. The first kappa shape index (κ1) is 26.0. The molecule has 0 fully saturated rings. The minimum atomic E-state index is -0.669. The lowest BCUT2D eigenvalue weighted by atomic mass is 10.00. The summed E-state index contributed by atoms with van der Waals surface area (Å²) in [6, 6.07) is 24.2. The molecule has 0 radical (unpaired) electrons. The second kappa shape index (κ2) is 11.7. The Morgan fingerprint density at radius 1 is 0.912 bits per heavy atom. The van der Waals surface area contributed by atoms with E-state index in [-0.39, 0.29) is 18.2 Å². The number of carbonyl (C=O) groups excluding carboxylic acids is 2. The average Bonchev–Trinajstić information content (AvgIpc) is 2.77. The lowest BCUT2D eigenvalue weighted by Gasteiger charge is -2.34. The van der Waals surface area contributed by atoms with Crippen molar-refractivity contribution < 1.29 is 9.59 Å². The molecule has 0 aliphatic carbocycles. The minimum Gasteiger partial charge on any atom is -0.350 e. The third-order valence-electron chi connectivity index (χ3n) is 5.28. The lowest BCUT2D eigenvalue weighted by molar-refractivity contribution is -0.141. The lowest BCUT2D eigenvalue weighted by Crippen LogP contribution is -2.54. The van der Waals surface area contributed by atoms with E-state index in [2.05, 4.69) is 21.2 Å². The molecule has 6 heteroatoms. The summed E-state index contributed by atoms with van der Waals surface area (Å²) in [6.45, 7) is 6.15. The van der Waals surface area contributed by atoms with Crippen LogP contribution >= 0.6 is 27.5 Å². The van der Waals surface area contributed by atoms with Crippen molar-refractivity contribution in [1.29, 1.82) is 0 Å². The molecule has 0 bridgehead atoms. The largest absolute Gasteiger partial charge is 0.350 e. The molecule has 0 aromatic heterocycles. The van der Waals surface area contributed by atoms with E-state index >= 15 is 0 Å². The highest BCUT2D eigenvalue weighted by Gasteiger charge is 2.32. The third kappa shape index (κ3) is 8.00. The van der Waals surface area contributed by atoms with E-state index in [0.717, 1.165) is 21.2 Å². The first-order valence-corrected chi connectivity index (χ1v) is 12.4. The molecule has 0 aliphatic rings. The van der Waals surface area contributed by atoms with Gasteiger partial charge in [0.1, 0.15) is 6.04 Å². The summed E-state index contributed by atoms with van der Waals surface area (Å²) in [4.78, 5) is 28.9. The third-order valence-corrected chi connectivity index (χ3v) is 6.04. The fraction of sp³-hybridized carbons (Fsp3) is 0.286. The first-order chi connectivity index (χ1) is 16.1. The molecule has 0 aliphatic heterocycles. The highest BCUT2D eigenvalue weighted by atomic mass is 79.9.